The molecule has 0 fully saturated rings. The number of hydrogen-bond donors (Lipinski definition) is 1. The summed E-state index contributed by atoms with van der Waals surface area (Å²) >= 11 is 0.887. The Morgan fingerprint density at radius 1 is 1.34 bits per heavy atom. The summed E-state index contributed by atoms with van der Waals surface area (Å²) in [7, 11) is 1.18. The maximum Gasteiger partial charge on any atom is 0.348 e. The van der Waals surface area contributed by atoms with Crippen molar-refractivity contribution < 1.29 is 28.8 Å². The maximum absolute atomic E-state index is 12.7. The molecule has 1 unspecified atom stereocenters. The zero-order chi connectivity index (χ0) is 21.9. The smallest absolute Gasteiger partial charge is 0.348 e. The van der Waals surface area contributed by atoms with E-state index in [1.807, 2.05) is 0 Å². The van der Waals surface area contributed by atoms with Crippen LogP contribution in [0.5, 0.6) is 0 Å². The molecular weight excluding hydrogens is 404 g/mol. The van der Waals surface area contributed by atoms with E-state index in [2.05, 4.69) is 10.4 Å². The third-order valence-corrected chi connectivity index (χ3v) is 5.28. The van der Waals surface area contributed by atoms with Crippen LogP contribution in [0.3, 0.4) is 0 Å². The number of aromatic nitrogens is 2. The molecule has 0 bridgehead atoms. The van der Waals surface area contributed by atoms with Gasteiger partial charge in [0.05, 0.1) is 24.2 Å². The Morgan fingerprint density at radius 3 is 2.52 bits per heavy atom. The molecule has 11 nitrogen and oxygen atoms in total. The Kier molecular flexibility index (Phi) is 6.69. The molecule has 2 heterocycles. The monoisotopic (exact) mass is 424 g/mol. The van der Waals surface area contributed by atoms with Crippen LogP contribution in [0.25, 0.3) is 0 Å². The van der Waals surface area contributed by atoms with Crippen molar-refractivity contribution in [3.05, 3.63) is 38.0 Å². The topological polar surface area (TPSA) is 143 Å². The first-order valence-corrected chi connectivity index (χ1v) is 9.33. The number of nitrogens with zero attached hydrogens (tertiary/aromatic N) is 3. The Morgan fingerprint density at radius 2 is 2.00 bits per heavy atom. The maximum atomic E-state index is 12.7. The minimum atomic E-state index is -0.915. The van der Waals surface area contributed by atoms with Crippen LogP contribution < -0.4 is 5.32 Å². The molecule has 0 saturated carbocycles. The van der Waals surface area contributed by atoms with E-state index in [0.717, 1.165) is 22.2 Å². The number of aryl methyl sites for hydroxylation is 1. The van der Waals surface area contributed by atoms with Gasteiger partial charge in [0.2, 0.25) is 5.91 Å². The highest BCUT2D eigenvalue weighted by Gasteiger charge is 2.29. The summed E-state index contributed by atoms with van der Waals surface area (Å²) in [6.45, 7) is 6.31. The van der Waals surface area contributed by atoms with Gasteiger partial charge in [0.1, 0.15) is 27.8 Å². The molecule has 1 N–H and O–H groups in total. The lowest BCUT2D eigenvalue weighted by Crippen LogP contribution is -2.24. The first-order chi connectivity index (χ1) is 13.6. The second-order valence-corrected chi connectivity index (χ2v) is 7.00. The van der Waals surface area contributed by atoms with Crippen LogP contribution in [0.1, 0.15) is 51.2 Å². The summed E-state index contributed by atoms with van der Waals surface area (Å²) in [6, 6.07) is -0.915. The van der Waals surface area contributed by atoms with Gasteiger partial charge in [-0.25, -0.2) is 9.59 Å². The van der Waals surface area contributed by atoms with E-state index in [1.165, 1.54) is 21.0 Å². The average Bonchev–Trinajstić information content (AvgIpc) is 3.21. The molecular formula is C17H20N4O7S. The van der Waals surface area contributed by atoms with Crippen LogP contribution in [0.4, 0.5) is 10.7 Å². The van der Waals surface area contributed by atoms with Gasteiger partial charge in [0, 0.05) is 0 Å². The standard InChI is InChI=1S/C17H20N4O7S/c1-6-28-17(24)13-8(2)12(16(23)27-5)15(29-13)18-14(22)10(4)20-7-11(21(25)26)9(3)19-20/h7,10H,6H2,1-5H3,(H,18,22). The zero-order valence-corrected chi connectivity index (χ0v) is 17.3. The highest BCUT2D eigenvalue weighted by Crippen LogP contribution is 2.34. The number of hydrogen-bond acceptors (Lipinski definition) is 9. The van der Waals surface area contributed by atoms with E-state index in [4.69, 9.17) is 9.47 Å². The number of rotatable bonds is 7. The second-order valence-electron chi connectivity index (χ2n) is 5.97. The number of nitrogens with one attached hydrogen (secondary N) is 1. The number of anilines is 1. The molecule has 156 valence electrons. The Balaban J connectivity index is 2.36. The van der Waals surface area contributed by atoms with Crippen LogP contribution in [0.15, 0.2) is 6.20 Å². The van der Waals surface area contributed by atoms with Crippen molar-refractivity contribution in [1.29, 1.82) is 0 Å². The highest BCUT2D eigenvalue weighted by atomic mass is 32.1. The van der Waals surface area contributed by atoms with Crippen molar-refractivity contribution in [3.63, 3.8) is 0 Å². The van der Waals surface area contributed by atoms with Gasteiger partial charge in [-0.1, -0.05) is 0 Å². The van der Waals surface area contributed by atoms with Gasteiger partial charge < -0.3 is 14.8 Å². The molecule has 1 atom stereocenters. The lowest BCUT2D eigenvalue weighted by atomic mass is 10.1. The first-order valence-electron chi connectivity index (χ1n) is 8.52. The average molecular weight is 424 g/mol. The number of esters is 2. The van der Waals surface area contributed by atoms with Gasteiger partial charge in [-0.15, -0.1) is 11.3 Å². The number of amides is 1. The fourth-order valence-electron chi connectivity index (χ4n) is 2.53. The Bertz CT molecular complexity index is 979. The fourth-order valence-corrected chi connectivity index (χ4v) is 3.62. The van der Waals surface area contributed by atoms with E-state index in [0.29, 0.717) is 5.56 Å². The molecule has 0 radical (unpaired) electrons. The van der Waals surface area contributed by atoms with Crippen molar-refractivity contribution >= 4 is 39.9 Å². The van der Waals surface area contributed by atoms with Crippen LogP contribution in [0, 0.1) is 24.0 Å². The van der Waals surface area contributed by atoms with Crippen molar-refractivity contribution in [1.82, 2.24) is 9.78 Å². The minimum absolute atomic E-state index is 0.0451. The van der Waals surface area contributed by atoms with Crippen LogP contribution in [-0.4, -0.2) is 46.3 Å². The second kappa shape index (κ2) is 8.82. The van der Waals surface area contributed by atoms with E-state index in [1.54, 1.807) is 13.8 Å². The van der Waals surface area contributed by atoms with Crippen LogP contribution in [0.2, 0.25) is 0 Å². The molecule has 2 aromatic rings. The van der Waals surface area contributed by atoms with Gasteiger partial charge in [0.15, 0.2) is 0 Å². The van der Waals surface area contributed by atoms with E-state index in [9.17, 15) is 24.5 Å². The number of methoxy groups -OCH3 is 1. The van der Waals surface area contributed by atoms with E-state index >= 15 is 0 Å². The van der Waals surface area contributed by atoms with Crippen molar-refractivity contribution in [2.45, 2.75) is 33.7 Å². The molecule has 2 rings (SSSR count). The molecule has 0 aliphatic carbocycles. The van der Waals surface area contributed by atoms with Crippen LogP contribution >= 0.6 is 11.3 Å². The van der Waals surface area contributed by atoms with Gasteiger partial charge in [-0.2, -0.15) is 5.10 Å². The highest BCUT2D eigenvalue weighted by molar-refractivity contribution is 7.18. The first kappa shape index (κ1) is 22.0. The molecule has 29 heavy (non-hydrogen) atoms. The van der Waals surface area contributed by atoms with Gasteiger partial charge in [-0.3, -0.25) is 19.6 Å². The largest absolute Gasteiger partial charge is 0.465 e. The summed E-state index contributed by atoms with van der Waals surface area (Å²) in [5.41, 5.74) is 0.329. The summed E-state index contributed by atoms with van der Waals surface area (Å²) in [5, 5.41) is 17.7. The normalized spacial score (nSPS) is 11.6. The summed E-state index contributed by atoms with van der Waals surface area (Å²) in [4.78, 5) is 47.6. The van der Waals surface area contributed by atoms with Gasteiger partial charge in [0.25, 0.3) is 0 Å². The molecule has 0 spiro atoms. The predicted molar refractivity (Wildman–Crippen MR) is 103 cm³/mol. The predicted octanol–water partition coefficient (Wildman–Crippen LogP) is 2.63. The van der Waals surface area contributed by atoms with Crippen molar-refractivity contribution in [2.24, 2.45) is 0 Å². The number of ether oxygens (including phenoxy) is 2. The van der Waals surface area contributed by atoms with E-state index in [-0.39, 0.29) is 33.4 Å². The summed E-state index contributed by atoms with van der Waals surface area (Å²) < 4.78 is 10.9. The van der Waals surface area contributed by atoms with Gasteiger partial charge >= 0.3 is 17.6 Å². The third kappa shape index (κ3) is 4.42. The number of carbonyl (C=O) groups is 3. The van der Waals surface area contributed by atoms with Crippen LogP contribution in [-0.2, 0) is 14.3 Å². The minimum Gasteiger partial charge on any atom is -0.465 e. The number of carbonyl (C=O) groups excluding carboxylic acids is 3. The van der Waals surface area contributed by atoms with Crippen molar-refractivity contribution in [2.75, 3.05) is 19.0 Å². The summed E-state index contributed by atoms with van der Waals surface area (Å²) in [5.74, 6) is -1.92. The fraction of sp³-hybridized carbons (Fsp3) is 0.412. The summed E-state index contributed by atoms with van der Waals surface area (Å²) in [6.07, 6.45) is 1.16. The molecule has 1 amide bonds. The Hall–Kier alpha value is -3.28. The lowest BCUT2D eigenvalue weighted by molar-refractivity contribution is -0.385. The zero-order valence-electron chi connectivity index (χ0n) is 16.5. The van der Waals surface area contributed by atoms with Gasteiger partial charge in [-0.05, 0) is 33.3 Å². The third-order valence-electron chi connectivity index (χ3n) is 4.10. The molecule has 0 aliphatic heterocycles. The molecule has 0 saturated heterocycles. The van der Waals surface area contributed by atoms with Crippen molar-refractivity contribution in [3.8, 4) is 0 Å². The quantitative estimate of drug-likeness (QED) is 0.406. The number of thiophene rings is 1. The number of nitro groups is 1. The Labute approximate surface area is 169 Å². The molecule has 0 aliphatic rings. The molecule has 12 heteroatoms. The SMILES string of the molecule is CCOC(=O)c1sc(NC(=O)C(C)n2cc([N+](=O)[O-])c(C)n2)c(C(=O)OC)c1C. The van der Waals surface area contributed by atoms with E-state index < -0.39 is 28.8 Å². The lowest BCUT2D eigenvalue weighted by Gasteiger charge is -2.12. The molecule has 0 aromatic carbocycles. The molecule has 2 aromatic heterocycles.